The quantitative estimate of drug-likeness (QED) is 0.670. The Morgan fingerprint density at radius 1 is 1.10 bits per heavy atom. The third-order valence-electron chi connectivity index (χ3n) is 5.52. The molecular formula is C23H30ClN3OS. The summed E-state index contributed by atoms with van der Waals surface area (Å²) in [4.78, 5) is 20.1. The van der Waals surface area contributed by atoms with Crippen LogP contribution < -0.4 is 10.2 Å². The predicted molar refractivity (Wildman–Crippen MR) is 124 cm³/mol. The van der Waals surface area contributed by atoms with Crippen LogP contribution in [0.15, 0.2) is 52.3 Å². The molecule has 2 aliphatic rings. The van der Waals surface area contributed by atoms with Gasteiger partial charge in [-0.15, -0.1) is 12.4 Å². The van der Waals surface area contributed by atoms with Crippen LogP contribution in [-0.4, -0.2) is 43.0 Å². The van der Waals surface area contributed by atoms with Gasteiger partial charge in [0.2, 0.25) is 0 Å². The standard InChI is InChI=1S/C23H29N3OS.ClH/c1-3-12-24-23(27)18-10-11-22-20(15-18)26(17(2)16-25-13-6-7-14-25)19-8-4-5-9-21(19)28-22;/h4-5,8-11,15,17H,3,6-7,12-14,16H2,1-2H3,(H,24,27);1H. The number of nitrogens with one attached hydrogen (secondary N) is 1. The first-order chi connectivity index (χ1) is 13.7. The fraction of sp³-hybridized carbons (Fsp3) is 0.435. The summed E-state index contributed by atoms with van der Waals surface area (Å²) < 4.78 is 0. The van der Waals surface area contributed by atoms with Crippen LogP contribution >= 0.6 is 24.2 Å². The molecule has 0 radical (unpaired) electrons. The molecule has 0 spiro atoms. The van der Waals surface area contributed by atoms with Crippen molar-refractivity contribution >= 4 is 41.5 Å². The van der Waals surface area contributed by atoms with Crippen molar-refractivity contribution < 1.29 is 4.79 Å². The fourth-order valence-corrected chi connectivity index (χ4v) is 5.21. The maximum absolute atomic E-state index is 12.5. The SMILES string of the molecule is CCCNC(=O)c1ccc2c(c1)N(C(C)CN1CCCC1)c1ccccc1S2.Cl. The van der Waals surface area contributed by atoms with Crippen LogP contribution in [0.25, 0.3) is 0 Å². The summed E-state index contributed by atoms with van der Waals surface area (Å²) in [6.07, 6.45) is 3.55. The Bertz CT molecular complexity index is 854. The van der Waals surface area contributed by atoms with Gasteiger partial charge in [0.05, 0.1) is 11.4 Å². The molecule has 0 saturated carbocycles. The van der Waals surface area contributed by atoms with E-state index in [9.17, 15) is 4.79 Å². The second kappa shape index (κ2) is 9.88. The second-order valence-electron chi connectivity index (χ2n) is 7.73. The molecular weight excluding hydrogens is 402 g/mol. The van der Waals surface area contributed by atoms with Crippen LogP contribution in [0, 0.1) is 0 Å². The molecule has 0 bridgehead atoms. The van der Waals surface area contributed by atoms with E-state index >= 15 is 0 Å². The molecule has 4 nitrogen and oxygen atoms in total. The van der Waals surface area contributed by atoms with Crippen molar-refractivity contribution in [2.45, 2.75) is 48.9 Å². The van der Waals surface area contributed by atoms with Crippen LogP contribution in [0.2, 0.25) is 0 Å². The van der Waals surface area contributed by atoms with Gasteiger partial charge in [0.1, 0.15) is 0 Å². The molecule has 29 heavy (non-hydrogen) atoms. The largest absolute Gasteiger partial charge is 0.352 e. The molecule has 1 atom stereocenters. The minimum absolute atomic E-state index is 0. The van der Waals surface area contributed by atoms with Gasteiger partial charge in [-0.25, -0.2) is 0 Å². The molecule has 4 rings (SSSR count). The average Bonchev–Trinajstić information content (AvgIpc) is 3.22. The number of rotatable bonds is 6. The lowest BCUT2D eigenvalue weighted by atomic mass is 10.1. The number of halogens is 1. The Morgan fingerprint density at radius 3 is 2.59 bits per heavy atom. The van der Waals surface area contributed by atoms with E-state index in [0.717, 1.165) is 24.2 Å². The number of amides is 1. The molecule has 0 aromatic heterocycles. The topological polar surface area (TPSA) is 35.6 Å². The molecule has 2 aliphatic heterocycles. The lowest BCUT2D eigenvalue weighted by Gasteiger charge is -2.39. The Kier molecular flexibility index (Phi) is 7.49. The van der Waals surface area contributed by atoms with Crippen molar-refractivity contribution in [1.82, 2.24) is 10.2 Å². The van der Waals surface area contributed by atoms with E-state index in [1.807, 2.05) is 6.07 Å². The molecule has 1 N–H and O–H groups in total. The summed E-state index contributed by atoms with van der Waals surface area (Å²) in [6.45, 7) is 8.52. The highest BCUT2D eigenvalue weighted by Gasteiger charge is 2.29. The number of anilines is 2. The number of likely N-dealkylation sites (tertiary alicyclic amines) is 1. The summed E-state index contributed by atoms with van der Waals surface area (Å²) in [6, 6.07) is 15.1. The lowest BCUT2D eigenvalue weighted by Crippen LogP contribution is -2.40. The average molecular weight is 432 g/mol. The molecule has 156 valence electrons. The van der Waals surface area contributed by atoms with Crippen molar-refractivity contribution in [2.24, 2.45) is 0 Å². The minimum Gasteiger partial charge on any atom is -0.352 e. The molecule has 0 aliphatic carbocycles. The zero-order valence-electron chi connectivity index (χ0n) is 17.2. The number of hydrogen-bond donors (Lipinski definition) is 1. The highest BCUT2D eigenvalue weighted by atomic mass is 35.5. The first kappa shape index (κ1) is 22.0. The third kappa shape index (κ3) is 4.73. The summed E-state index contributed by atoms with van der Waals surface area (Å²) in [5, 5.41) is 3.00. The number of fused-ring (bicyclic) bond motifs is 2. The predicted octanol–water partition coefficient (Wildman–Crippen LogP) is 5.34. The summed E-state index contributed by atoms with van der Waals surface area (Å²) >= 11 is 1.80. The number of carbonyl (C=O) groups excluding carboxylic acids is 1. The number of hydrogen-bond acceptors (Lipinski definition) is 4. The van der Waals surface area contributed by atoms with Gasteiger partial charge < -0.3 is 15.1 Å². The maximum atomic E-state index is 12.5. The summed E-state index contributed by atoms with van der Waals surface area (Å²) in [5.74, 6) is 0.0145. The van der Waals surface area contributed by atoms with Gasteiger partial charge in [0.15, 0.2) is 0 Å². The monoisotopic (exact) mass is 431 g/mol. The van der Waals surface area contributed by atoms with E-state index < -0.39 is 0 Å². The van der Waals surface area contributed by atoms with Crippen molar-refractivity contribution in [3.63, 3.8) is 0 Å². The first-order valence-electron chi connectivity index (χ1n) is 10.4. The van der Waals surface area contributed by atoms with E-state index in [1.54, 1.807) is 11.8 Å². The number of nitrogens with zero attached hydrogens (tertiary/aromatic N) is 2. The highest BCUT2D eigenvalue weighted by Crippen LogP contribution is 2.49. The zero-order valence-corrected chi connectivity index (χ0v) is 18.8. The van der Waals surface area contributed by atoms with Crippen molar-refractivity contribution in [2.75, 3.05) is 31.1 Å². The normalized spacial score (nSPS) is 16.6. The molecule has 2 aromatic rings. The van der Waals surface area contributed by atoms with Crippen molar-refractivity contribution in [3.8, 4) is 0 Å². The molecule has 1 fully saturated rings. The van der Waals surface area contributed by atoms with E-state index in [4.69, 9.17) is 0 Å². The number of para-hydroxylation sites is 1. The number of carbonyl (C=O) groups is 1. The van der Waals surface area contributed by atoms with Crippen LogP contribution in [0.1, 0.15) is 43.5 Å². The van der Waals surface area contributed by atoms with Crippen LogP contribution in [0.4, 0.5) is 11.4 Å². The van der Waals surface area contributed by atoms with Crippen LogP contribution in [0.5, 0.6) is 0 Å². The van der Waals surface area contributed by atoms with E-state index in [0.29, 0.717) is 12.6 Å². The molecule has 1 unspecified atom stereocenters. The van der Waals surface area contributed by atoms with Gasteiger partial charge in [-0.2, -0.15) is 0 Å². The molecule has 1 saturated heterocycles. The second-order valence-corrected chi connectivity index (χ2v) is 8.82. The lowest BCUT2D eigenvalue weighted by molar-refractivity contribution is 0.0953. The van der Waals surface area contributed by atoms with Gasteiger partial charge in [-0.1, -0.05) is 30.8 Å². The maximum Gasteiger partial charge on any atom is 0.251 e. The zero-order chi connectivity index (χ0) is 19.5. The Balaban J connectivity index is 0.00000240. The van der Waals surface area contributed by atoms with Gasteiger partial charge in [-0.3, -0.25) is 4.79 Å². The highest BCUT2D eigenvalue weighted by molar-refractivity contribution is 7.99. The van der Waals surface area contributed by atoms with Crippen molar-refractivity contribution in [1.29, 1.82) is 0 Å². The summed E-state index contributed by atoms with van der Waals surface area (Å²) in [5.41, 5.74) is 3.14. The molecule has 6 heteroatoms. The third-order valence-corrected chi connectivity index (χ3v) is 6.65. The van der Waals surface area contributed by atoms with Gasteiger partial charge in [0, 0.05) is 34.5 Å². The van der Waals surface area contributed by atoms with E-state index in [1.165, 1.54) is 41.4 Å². The van der Waals surface area contributed by atoms with Gasteiger partial charge in [0.25, 0.3) is 5.91 Å². The minimum atomic E-state index is 0. The van der Waals surface area contributed by atoms with Gasteiger partial charge >= 0.3 is 0 Å². The van der Waals surface area contributed by atoms with Crippen LogP contribution in [0.3, 0.4) is 0 Å². The Hall–Kier alpha value is -1.69. The van der Waals surface area contributed by atoms with Gasteiger partial charge in [-0.05, 0) is 69.6 Å². The summed E-state index contributed by atoms with van der Waals surface area (Å²) in [7, 11) is 0. The first-order valence-corrected chi connectivity index (χ1v) is 11.2. The Morgan fingerprint density at radius 2 is 1.83 bits per heavy atom. The Labute approximate surface area is 184 Å². The smallest absolute Gasteiger partial charge is 0.251 e. The fourth-order valence-electron chi connectivity index (χ4n) is 4.16. The van der Waals surface area contributed by atoms with E-state index in [2.05, 4.69) is 65.4 Å². The molecule has 2 heterocycles. The molecule has 1 amide bonds. The van der Waals surface area contributed by atoms with Crippen LogP contribution in [-0.2, 0) is 0 Å². The van der Waals surface area contributed by atoms with Crippen molar-refractivity contribution in [3.05, 3.63) is 48.0 Å². The number of benzene rings is 2. The molecule has 2 aromatic carbocycles. The van der Waals surface area contributed by atoms with E-state index in [-0.39, 0.29) is 18.3 Å².